The van der Waals surface area contributed by atoms with Crippen LogP contribution in [-0.2, 0) is 6.54 Å². The van der Waals surface area contributed by atoms with E-state index in [4.69, 9.17) is 0 Å². The predicted octanol–water partition coefficient (Wildman–Crippen LogP) is 3.29. The maximum atomic E-state index is 12.5. The highest BCUT2D eigenvalue weighted by Crippen LogP contribution is 2.17. The first-order valence-corrected chi connectivity index (χ1v) is 8.86. The van der Waals surface area contributed by atoms with E-state index in [0.29, 0.717) is 17.8 Å². The molecular weight excluding hydrogens is 328 g/mol. The summed E-state index contributed by atoms with van der Waals surface area (Å²) in [5.41, 5.74) is 3.13. The van der Waals surface area contributed by atoms with Crippen molar-refractivity contribution in [2.75, 3.05) is 25.5 Å². The van der Waals surface area contributed by atoms with Crippen LogP contribution in [0, 0.1) is 6.92 Å². The van der Waals surface area contributed by atoms with Gasteiger partial charge in [0.05, 0.1) is 12.2 Å². The molecule has 1 N–H and O–H groups in total. The first-order valence-electron chi connectivity index (χ1n) is 8.86. The summed E-state index contributed by atoms with van der Waals surface area (Å²) in [6.07, 6.45) is 3.90. The Hall–Kier alpha value is -2.89. The molecule has 1 fully saturated rings. The molecule has 1 saturated heterocycles. The molecule has 6 nitrogen and oxygen atoms in total. The number of carbonyl (C=O) groups is 2. The molecule has 136 valence electrons. The Morgan fingerprint density at radius 1 is 1.19 bits per heavy atom. The summed E-state index contributed by atoms with van der Waals surface area (Å²) in [5, 5.41) is 2.85. The summed E-state index contributed by atoms with van der Waals surface area (Å²) in [7, 11) is 1.72. The first-order chi connectivity index (χ1) is 12.5. The van der Waals surface area contributed by atoms with Gasteiger partial charge in [0, 0.05) is 37.6 Å². The van der Waals surface area contributed by atoms with Crippen LogP contribution < -0.4 is 5.32 Å². The molecule has 0 aliphatic carbocycles. The minimum Gasteiger partial charge on any atom is -0.339 e. The van der Waals surface area contributed by atoms with Crippen molar-refractivity contribution >= 4 is 17.6 Å². The van der Waals surface area contributed by atoms with E-state index in [9.17, 15) is 9.59 Å². The van der Waals surface area contributed by atoms with E-state index in [1.54, 1.807) is 42.4 Å². The number of hydrogen-bond donors (Lipinski definition) is 1. The Morgan fingerprint density at radius 2 is 1.96 bits per heavy atom. The van der Waals surface area contributed by atoms with Crippen LogP contribution in [0.4, 0.5) is 10.5 Å². The molecule has 0 spiro atoms. The summed E-state index contributed by atoms with van der Waals surface area (Å²) in [5.74, 6) is 0.0239. The standard InChI is InChI=1S/C20H24N4O2/c1-15-8-9-18(21-13-15)14-23(2)20(26)22-17-7-5-6-16(12-17)19(25)24-10-3-4-11-24/h5-9,12-13H,3-4,10-11,14H2,1-2H3,(H,22,26). The number of carbonyl (C=O) groups excluding carboxylic acids is 2. The van der Waals surface area contributed by atoms with Gasteiger partial charge in [-0.05, 0) is 49.6 Å². The van der Waals surface area contributed by atoms with Gasteiger partial charge in [-0.3, -0.25) is 9.78 Å². The lowest BCUT2D eigenvalue weighted by molar-refractivity contribution is 0.0793. The van der Waals surface area contributed by atoms with Gasteiger partial charge in [0.1, 0.15) is 0 Å². The number of aromatic nitrogens is 1. The smallest absolute Gasteiger partial charge is 0.321 e. The van der Waals surface area contributed by atoms with E-state index in [0.717, 1.165) is 37.2 Å². The third-order valence-electron chi connectivity index (χ3n) is 4.47. The highest BCUT2D eigenvalue weighted by atomic mass is 16.2. The molecule has 0 saturated carbocycles. The predicted molar refractivity (Wildman–Crippen MR) is 101 cm³/mol. The van der Waals surface area contributed by atoms with Crippen molar-refractivity contribution in [1.29, 1.82) is 0 Å². The number of nitrogens with zero attached hydrogens (tertiary/aromatic N) is 3. The molecule has 2 heterocycles. The normalized spacial score (nSPS) is 13.5. The summed E-state index contributed by atoms with van der Waals surface area (Å²) in [4.78, 5) is 32.6. The Kier molecular flexibility index (Phi) is 5.51. The second-order valence-corrected chi connectivity index (χ2v) is 6.69. The molecule has 3 amide bonds. The van der Waals surface area contributed by atoms with Gasteiger partial charge < -0.3 is 15.1 Å². The molecule has 1 aromatic carbocycles. The van der Waals surface area contributed by atoms with Crippen molar-refractivity contribution in [2.24, 2.45) is 0 Å². The van der Waals surface area contributed by atoms with Crippen molar-refractivity contribution in [3.05, 3.63) is 59.4 Å². The van der Waals surface area contributed by atoms with Gasteiger partial charge in [-0.1, -0.05) is 12.1 Å². The minimum absolute atomic E-state index is 0.0239. The molecule has 3 rings (SSSR count). The van der Waals surface area contributed by atoms with Crippen LogP contribution >= 0.6 is 0 Å². The third-order valence-corrected chi connectivity index (χ3v) is 4.47. The maximum absolute atomic E-state index is 12.5. The second kappa shape index (κ2) is 7.99. The molecule has 0 radical (unpaired) electrons. The zero-order chi connectivity index (χ0) is 18.5. The zero-order valence-corrected chi connectivity index (χ0v) is 15.2. The number of amides is 3. The highest BCUT2D eigenvalue weighted by molar-refractivity contribution is 5.97. The van der Waals surface area contributed by atoms with Crippen LogP contribution in [-0.4, -0.2) is 46.9 Å². The largest absolute Gasteiger partial charge is 0.339 e. The molecule has 1 aromatic heterocycles. The summed E-state index contributed by atoms with van der Waals surface area (Å²) < 4.78 is 0. The van der Waals surface area contributed by atoms with Gasteiger partial charge in [-0.15, -0.1) is 0 Å². The van der Waals surface area contributed by atoms with E-state index in [2.05, 4.69) is 10.3 Å². The highest BCUT2D eigenvalue weighted by Gasteiger charge is 2.20. The van der Waals surface area contributed by atoms with Gasteiger partial charge >= 0.3 is 6.03 Å². The number of urea groups is 1. The topological polar surface area (TPSA) is 65.5 Å². The van der Waals surface area contributed by atoms with Crippen LogP contribution in [0.25, 0.3) is 0 Å². The second-order valence-electron chi connectivity index (χ2n) is 6.69. The number of hydrogen-bond acceptors (Lipinski definition) is 3. The zero-order valence-electron chi connectivity index (χ0n) is 15.2. The lowest BCUT2D eigenvalue weighted by atomic mass is 10.2. The number of pyridine rings is 1. The monoisotopic (exact) mass is 352 g/mol. The van der Waals surface area contributed by atoms with Gasteiger partial charge in [-0.2, -0.15) is 0 Å². The van der Waals surface area contributed by atoms with Crippen molar-refractivity contribution in [1.82, 2.24) is 14.8 Å². The van der Waals surface area contributed by atoms with Crippen molar-refractivity contribution in [3.63, 3.8) is 0 Å². The molecule has 2 aromatic rings. The number of rotatable bonds is 4. The Bertz CT molecular complexity index is 783. The van der Waals surface area contributed by atoms with E-state index in [1.807, 2.05) is 24.0 Å². The summed E-state index contributed by atoms with van der Waals surface area (Å²) in [6.45, 7) is 4.01. The fourth-order valence-corrected chi connectivity index (χ4v) is 2.96. The number of benzene rings is 1. The van der Waals surface area contributed by atoms with Gasteiger partial charge in [0.2, 0.25) is 0 Å². The van der Waals surface area contributed by atoms with E-state index >= 15 is 0 Å². The Labute approximate surface area is 153 Å². The molecule has 1 aliphatic heterocycles. The van der Waals surface area contributed by atoms with Crippen LogP contribution in [0.2, 0.25) is 0 Å². The minimum atomic E-state index is -0.238. The molecule has 26 heavy (non-hydrogen) atoms. The fraction of sp³-hybridized carbons (Fsp3) is 0.350. The summed E-state index contributed by atoms with van der Waals surface area (Å²) in [6, 6.07) is 10.7. The number of aryl methyl sites for hydroxylation is 1. The number of nitrogens with one attached hydrogen (secondary N) is 1. The molecular formula is C20H24N4O2. The fourth-order valence-electron chi connectivity index (χ4n) is 2.96. The molecule has 0 unspecified atom stereocenters. The Morgan fingerprint density at radius 3 is 2.65 bits per heavy atom. The van der Waals surface area contributed by atoms with Crippen molar-refractivity contribution in [2.45, 2.75) is 26.3 Å². The van der Waals surface area contributed by atoms with Crippen molar-refractivity contribution < 1.29 is 9.59 Å². The van der Waals surface area contributed by atoms with Crippen LogP contribution in [0.15, 0.2) is 42.6 Å². The molecule has 0 atom stereocenters. The SMILES string of the molecule is Cc1ccc(CN(C)C(=O)Nc2cccc(C(=O)N3CCCC3)c2)nc1. The lowest BCUT2D eigenvalue weighted by Crippen LogP contribution is -2.31. The molecule has 1 aliphatic rings. The maximum Gasteiger partial charge on any atom is 0.321 e. The van der Waals surface area contributed by atoms with Crippen molar-refractivity contribution in [3.8, 4) is 0 Å². The third kappa shape index (κ3) is 4.39. The van der Waals surface area contributed by atoms with Gasteiger partial charge in [0.25, 0.3) is 5.91 Å². The molecule has 0 bridgehead atoms. The quantitative estimate of drug-likeness (QED) is 0.918. The average Bonchev–Trinajstić information content (AvgIpc) is 3.18. The number of anilines is 1. The van der Waals surface area contributed by atoms with Crippen LogP contribution in [0.1, 0.15) is 34.5 Å². The first kappa shape index (κ1) is 17.9. The van der Waals surface area contributed by atoms with E-state index in [1.165, 1.54) is 0 Å². The van der Waals surface area contributed by atoms with Gasteiger partial charge in [-0.25, -0.2) is 4.79 Å². The van der Waals surface area contributed by atoms with Crippen LogP contribution in [0.5, 0.6) is 0 Å². The summed E-state index contributed by atoms with van der Waals surface area (Å²) >= 11 is 0. The van der Waals surface area contributed by atoms with E-state index < -0.39 is 0 Å². The van der Waals surface area contributed by atoms with Gasteiger partial charge in [0.15, 0.2) is 0 Å². The Balaban J connectivity index is 1.62. The molecule has 6 heteroatoms. The average molecular weight is 352 g/mol. The van der Waals surface area contributed by atoms with Crippen LogP contribution in [0.3, 0.4) is 0 Å². The number of likely N-dealkylation sites (tertiary alicyclic amines) is 1. The lowest BCUT2D eigenvalue weighted by Gasteiger charge is -2.19. The van der Waals surface area contributed by atoms with E-state index in [-0.39, 0.29) is 11.9 Å².